The van der Waals surface area contributed by atoms with Gasteiger partial charge in [0, 0.05) is 16.2 Å². The number of aliphatic hydroxyl groups is 1. The lowest BCUT2D eigenvalue weighted by Gasteiger charge is -2.24. The SMILES string of the molecule is COc1ccc(SC(CO)C(N)C(C)C)cc1. The molecule has 4 heteroatoms. The molecule has 0 saturated carbocycles. The molecule has 0 aliphatic carbocycles. The van der Waals surface area contributed by atoms with Gasteiger partial charge in [-0.25, -0.2) is 0 Å². The second-order valence-electron chi connectivity index (χ2n) is 4.34. The van der Waals surface area contributed by atoms with Crippen LogP contribution in [0.3, 0.4) is 0 Å². The maximum absolute atomic E-state index is 9.38. The predicted molar refractivity (Wildman–Crippen MR) is 72.5 cm³/mol. The molecule has 0 aromatic heterocycles. The van der Waals surface area contributed by atoms with Crippen LogP contribution in [0.15, 0.2) is 29.2 Å². The highest BCUT2D eigenvalue weighted by Crippen LogP contribution is 2.28. The minimum absolute atomic E-state index is 0.00731. The Hall–Kier alpha value is -0.710. The van der Waals surface area contributed by atoms with E-state index in [9.17, 15) is 5.11 Å². The highest BCUT2D eigenvalue weighted by Gasteiger charge is 2.21. The quantitative estimate of drug-likeness (QED) is 0.765. The van der Waals surface area contributed by atoms with Crippen LogP contribution in [0.4, 0.5) is 0 Å². The summed E-state index contributed by atoms with van der Waals surface area (Å²) in [4.78, 5) is 1.10. The molecule has 0 heterocycles. The molecule has 0 aliphatic rings. The van der Waals surface area contributed by atoms with E-state index in [2.05, 4.69) is 13.8 Å². The van der Waals surface area contributed by atoms with Crippen molar-refractivity contribution in [2.75, 3.05) is 13.7 Å². The van der Waals surface area contributed by atoms with E-state index >= 15 is 0 Å². The van der Waals surface area contributed by atoms with Crippen molar-refractivity contribution < 1.29 is 9.84 Å². The summed E-state index contributed by atoms with van der Waals surface area (Å²) in [6.45, 7) is 4.24. The van der Waals surface area contributed by atoms with Gasteiger partial charge in [0.15, 0.2) is 0 Å². The van der Waals surface area contributed by atoms with Crippen molar-refractivity contribution in [3.8, 4) is 5.75 Å². The summed E-state index contributed by atoms with van der Waals surface area (Å²) in [7, 11) is 1.65. The summed E-state index contributed by atoms with van der Waals surface area (Å²) in [5, 5.41) is 9.41. The van der Waals surface area contributed by atoms with Crippen LogP contribution in [0.1, 0.15) is 13.8 Å². The van der Waals surface area contributed by atoms with Crippen molar-refractivity contribution in [1.82, 2.24) is 0 Å². The fourth-order valence-corrected chi connectivity index (χ4v) is 2.68. The summed E-state index contributed by atoms with van der Waals surface area (Å²) >= 11 is 1.61. The van der Waals surface area contributed by atoms with Crippen LogP contribution in [0.25, 0.3) is 0 Å². The first-order valence-corrected chi connectivity index (χ1v) is 6.63. The maximum atomic E-state index is 9.38. The molecule has 2 unspecified atom stereocenters. The monoisotopic (exact) mass is 255 g/mol. The third kappa shape index (κ3) is 4.22. The fourth-order valence-electron chi connectivity index (χ4n) is 1.50. The van der Waals surface area contributed by atoms with Crippen molar-refractivity contribution in [2.24, 2.45) is 11.7 Å². The van der Waals surface area contributed by atoms with Gasteiger partial charge in [-0.3, -0.25) is 0 Å². The van der Waals surface area contributed by atoms with Crippen LogP contribution >= 0.6 is 11.8 Å². The molecule has 17 heavy (non-hydrogen) atoms. The van der Waals surface area contributed by atoms with Gasteiger partial charge < -0.3 is 15.6 Å². The zero-order valence-electron chi connectivity index (χ0n) is 10.6. The minimum atomic E-state index is -0.00731. The van der Waals surface area contributed by atoms with E-state index in [4.69, 9.17) is 10.5 Å². The lowest BCUT2D eigenvalue weighted by molar-refractivity contribution is 0.269. The molecule has 0 saturated heterocycles. The second-order valence-corrected chi connectivity index (χ2v) is 5.65. The van der Waals surface area contributed by atoms with Gasteiger partial charge in [-0.15, -0.1) is 11.8 Å². The van der Waals surface area contributed by atoms with E-state index in [-0.39, 0.29) is 17.9 Å². The summed E-state index contributed by atoms with van der Waals surface area (Å²) < 4.78 is 5.10. The molecule has 96 valence electrons. The van der Waals surface area contributed by atoms with Gasteiger partial charge in [-0.05, 0) is 30.2 Å². The minimum Gasteiger partial charge on any atom is -0.497 e. The first kappa shape index (κ1) is 14.4. The van der Waals surface area contributed by atoms with E-state index in [0.29, 0.717) is 5.92 Å². The largest absolute Gasteiger partial charge is 0.497 e. The lowest BCUT2D eigenvalue weighted by atomic mass is 10.0. The molecule has 0 bridgehead atoms. The summed E-state index contributed by atoms with van der Waals surface area (Å²) in [6, 6.07) is 7.79. The molecule has 1 rings (SSSR count). The number of rotatable bonds is 6. The van der Waals surface area contributed by atoms with Crippen LogP contribution in [0.2, 0.25) is 0 Å². The summed E-state index contributed by atoms with van der Waals surface area (Å²) in [5.74, 6) is 1.20. The van der Waals surface area contributed by atoms with Crippen molar-refractivity contribution in [2.45, 2.75) is 30.0 Å². The van der Waals surface area contributed by atoms with Crippen LogP contribution in [-0.2, 0) is 0 Å². The molecule has 0 fully saturated rings. The Bertz CT molecular complexity index is 327. The van der Waals surface area contributed by atoms with Crippen LogP contribution < -0.4 is 10.5 Å². The molecule has 3 nitrogen and oxygen atoms in total. The standard InChI is InChI=1S/C13H21NO2S/c1-9(2)13(14)12(8-15)17-11-6-4-10(16-3)5-7-11/h4-7,9,12-13,15H,8,14H2,1-3H3. The number of hydrogen-bond donors (Lipinski definition) is 2. The van der Waals surface area contributed by atoms with Gasteiger partial charge in [0.2, 0.25) is 0 Å². The molecule has 1 aromatic carbocycles. The second kappa shape index (κ2) is 6.89. The van der Waals surface area contributed by atoms with Gasteiger partial charge in [0.05, 0.1) is 13.7 Å². The highest BCUT2D eigenvalue weighted by molar-refractivity contribution is 8.00. The Kier molecular flexibility index (Phi) is 5.82. The molecular weight excluding hydrogens is 234 g/mol. The number of hydrogen-bond acceptors (Lipinski definition) is 4. The van der Waals surface area contributed by atoms with Gasteiger partial charge >= 0.3 is 0 Å². The Labute approximate surface area is 107 Å². The molecule has 0 amide bonds. The Morgan fingerprint density at radius 3 is 2.29 bits per heavy atom. The van der Waals surface area contributed by atoms with Crippen LogP contribution in [0.5, 0.6) is 5.75 Å². The van der Waals surface area contributed by atoms with Gasteiger partial charge in [0.1, 0.15) is 5.75 Å². The molecular formula is C13H21NO2S. The molecule has 3 N–H and O–H groups in total. The Balaban J connectivity index is 2.66. The summed E-state index contributed by atoms with van der Waals surface area (Å²) in [6.07, 6.45) is 0. The van der Waals surface area contributed by atoms with Crippen LogP contribution in [-0.4, -0.2) is 30.1 Å². The molecule has 0 aliphatic heterocycles. The van der Waals surface area contributed by atoms with Gasteiger partial charge in [0.25, 0.3) is 0 Å². The van der Waals surface area contributed by atoms with Crippen molar-refractivity contribution >= 4 is 11.8 Å². The number of ether oxygens (including phenoxy) is 1. The first-order valence-electron chi connectivity index (χ1n) is 5.75. The third-order valence-electron chi connectivity index (χ3n) is 2.73. The average Bonchev–Trinajstić information content (AvgIpc) is 2.35. The number of aliphatic hydroxyl groups excluding tert-OH is 1. The zero-order valence-corrected chi connectivity index (χ0v) is 11.4. The first-order chi connectivity index (χ1) is 8.08. The molecule has 2 atom stereocenters. The Morgan fingerprint density at radius 2 is 1.88 bits per heavy atom. The summed E-state index contributed by atoms with van der Waals surface area (Å²) in [5.41, 5.74) is 6.07. The third-order valence-corrected chi connectivity index (χ3v) is 4.04. The molecule has 1 aromatic rings. The number of thioether (sulfide) groups is 1. The van der Waals surface area contributed by atoms with Crippen molar-refractivity contribution in [1.29, 1.82) is 0 Å². The number of benzene rings is 1. The smallest absolute Gasteiger partial charge is 0.118 e. The lowest BCUT2D eigenvalue weighted by Crippen LogP contribution is -2.39. The van der Waals surface area contributed by atoms with Gasteiger partial charge in [-0.2, -0.15) is 0 Å². The fraction of sp³-hybridized carbons (Fsp3) is 0.538. The van der Waals surface area contributed by atoms with E-state index in [1.165, 1.54) is 0 Å². The maximum Gasteiger partial charge on any atom is 0.118 e. The zero-order chi connectivity index (χ0) is 12.8. The molecule has 0 radical (unpaired) electrons. The van der Waals surface area contributed by atoms with Crippen molar-refractivity contribution in [3.05, 3.63) is 24.3 Å². The number of nitrogens with two attached hydrogens (primary N) is 1. The van der Waals surface area contributed by atoms with E-state index in [0.717, 1.165) is 10.6 Å². The average molecular weight is 255 g/mol. The van der Waals surface area contributed by atoms with Crippen molar-refractivity contribution in [3.63, 3.8) is 0 Å². The molecule has 0 spiro atoms. The number of methoxy groups -OCH3 is 1. The predicted octanol–water partition coefficient (Wildman–Crippen LogP) is 2.13. The topological polar surface area (TPSA) is 55.5 Å². The highest BCUT2D eigenvalue weighted by atomic mass is 32.2. The van der Waals surface area contributed by atoms with Crippen LogP contribution in [0, 0.1) is 5.92 Å². The normalized spacial score (nSPS) is 14.7. The van der Waals surface area contributed by atoms with E-state index in [1.54, 1.807) is 18.9 Å². The van der Waals surface area contributed by atoms with E-state index in [1.807, 2.05) is 24.3 Å². The van der Waals surface area contributed by atoms with Gasteiger partial charge in [-0.1, -0.05) is 13.8 Å². The Morgan fingerprint density at radius 1 is 1.29 bits per heavy atom. The van der Waals surface area contributed by atoms with E-state index < -0.39 is 0 Å².